The number of aliphatic carboxylic acids is 1. The Balaban J connectivity index is 2.15. The number of rotatable bonds is 5. The lowest BCUT2D eigenvalue weighted by atomic mass is 10.3. The van der Waals surface area contributed by atoms with E-state index in [9.17, 15) is 4.79 Å². The fraction of sp³-hybridized carbons (Fsp3) is 0.231. The third-order valence-corrected chi connectivity index (χ3v) is 3.58. The van der Waals surface area contributed by atoms with Crippen LogP contribution in [0.3, 0.4) is 0 Å². The zero-order valence-corrected chi connectivity index (χ0v) is 11.5. The van der Waals surface area contributed by atoms with Crippen LogP contribution in [0.5, 0.6) is 5.75 Å². The molecule has 1 aromatic heterocycles. The molecule has 0 atom stereocenters. The topological polar surface area (TPSA) is 62.7 Å². The maximum atomic E-state index is 10.6. The summed E-state index contributed by atoms with van der Waals surface area (Å²) in [5, 5.41) is 11.3. The first-order chi connectivity index (χ1) is 9.10. The lowest BCUT2D eigenvalue weighted by Gasteiger charge is -2.16. The second-order valence-electron chi connectivity index (χ2n) is 3.95. The van der Waals surface area contributed by atoms with Crippen LogP contribution in [0, 0.1) is 0 Å². The number of hydrogen-bond acceptors (Lipinski definition) is 5. The molecule has 0 bridgehead atoms. The number of carboxylic acid groups (broad SMARTS) is 1. The van der Waals surface area contributed by atoms with Crippen LogP contribution in [0.25, 0.3) is 0 Å². The van der Waals surface area contributed by atoms with E-state index in [0.29, 0.717) is 5.69 Å². The Morgan fingerprint density at radius 2 is 2.11 bits per heavy atom. The lowest BCUT2D eigenvalue weighted by Crippen LogP contribution is -2.09. The maximum Gasteiger partial charge on any atom is 0.309 e. The molecule has 0 fully saturated rings. The highest BCUT2D eigenvalue weighted by Gasteiger charge is 2.11. The number of anilines is 2. The van der Waals surface area contributed by atoms with Gasteiger partial charge in [-0.05, 0) is 24.3 Å². The highest BCUT2D eigenvalue weighted by molar-refractivity contribution is 7.13. The van der Waals surface area contributed by atoms with Crippen molar-refractivity contribution < 1.29 is 14.6 Å². The van der Waals surface area contributed by atoms with Crippen molar-refractivity contribution in [3.63, 3.8) is 0 Å². The van der Waals surface area contributed by atoms with Crippen LogP contribution in [-0.2, 0) is 11.2 Å². The van der Waals surface area contributed by atoms with Gasteiger partial charge >= 0.3 is 5.97 Å². The average Bonchev–Trinajstić information content (AvgIpc) is 2.85. The van der Waals surface area contributed by atoms with Crippen molar-refractivity contribution in [1.82, 2.24) is 4.98 Å². The minimum Gasteiger partial charge on any atom is -0.497 e. The Labute approximate surface area is 115 Å². The van der Waals surface area contributed by atoms with E-state index in [1.807, 2.05) is 36.2 Å². The SMILES string of the molecule is COc1ccc(N(C)c2nc(CC(=O)O)cs2)cc1. The highest BCUT2D eigenvalue weighted by Crippen LogP contribution is 2.28. The number of thiazole rings is 1. The van der Waals surface area contributed by atoms with E-state index in [4.69, 9.17) is 9.84 Å². The van der Waals surface area contributed by atoms with E-state index >= 15 is 0 Å². The van der Waals surface area contributed by atoms with Gasteiger partial charge in [-0.2, -0.15) is 0 Å². The third kappa shape index (κ3) is 3.23. The zero-order chi connectivity index (χ0) is 13.8. The van der Waals surface area contributed by atoms with E-state index in [1.54, 1.807) is 12.5 Å². The van der Waals surface area contributed by atoms with Gasteiger partial charge in [0.2, 0.25) is 0 Å². The van der Waals surface area contributed by atoms with Gasteiger partial charge in [-0.3, -0.25) is 4.79 Å². The van der Waals surface area contributed by atoms with E-state index in [-0.39, 0.29) is 6.42 Å². The number of nitrogens with zero attached hydrogens (tertiary/aromatic N) is 2. The molecular formula is C13H14N2O3S. The molecule has 0 amide bonds. The summed E-state index contributed by atoms with van der Waals surface area (Å²) in [6, 6.07) is 7.60. The van der Waals surface area contributed by atoms with E-state index < -0.39 is 5.97 Å². The molecule has 5 nitrogen and oxygen atoms in total. The molecule has 0 aliphatic rings. The fourth-order valence-electron chi connectivity index (χ4n) is 1.60. The minimum absolute atomic E-state index is 0.0487. The molecule has 2 aromatic rings. The van der Waals surface area contributed by atoms with Gasteiger partial charge in [0.05, 0.1) is 19.2 Å². The largest absolute Gasteiger partial charge is 0.497 e. The molecule has 6 heteroatoms. The molecule has 2 rings (SSSR count). The van der Waals surface area contributed by atoms with Crippen molar-refractivity contribution >= 4 is 28.1 Å². The molecule has 0 aliphatic heterocycles. The molecule has 0 radical (unpaired) electrons. The number of ether oxygens (including phenoxy) is 1. The van der Waals surface area contributed by atoms with Gasteiger partial charge in [-0.1, -0.05) is 0 Å². The predicted molar refractivity (Wildman–Crippen MR) is 74.5 cm³/mol. The van der Waals surface area contributed by atoms with Crippen LogP contribution in [-0.4, -0.2) is 30.2 Å². The Hall–Kier alpha value is -2.08. The molecular weight excluding hydrogens is 264 g/mol. The summed E-state index contributed by atoms with van der Waals surface area (Å²) >= 11 is 1.42. The average molecular weight is 278 g/mol. The minimum atomic E-state index is -0.871. The van der Waals surface area contributed by atoms with Gasteiger partial charge in [-0.25, -0.2) is 4.98 Å². The summed E-state index contributed by atoms with van der Waals surface area (Å²) in [6.07, 6.45) is -0.0487. The van der Waals surface area contributed by atoms with Crippen molar-refractivity contribution in [3.05, 3.63) is 35.3 Å². The first kappa shape index (κ1) is 13.4. The zero-order valence-electron chi connectivity index (χ0n) is 10.7. The summed E-state index contributed by atoms with van der Waals surface area (Å²) in [5.74, 6) is -0.0770. The molecule has 1 heterocycles. The summed E-state index contributed by atoms with van der Waals surface area (Å²) in [5.41, 5.74) is 1.55. The number of carbonyl (C=O) groups is 1. The lowest BCUT2D eigenvalue weighted by molar-refractivity contribution is -0.136. The molecule has 0 saturated carbocycles. The van der Waals surface area contributed by atoms with Crippen LogP contribution in [0.15, 0.2) is 29.6 Å². The van der Waals surface area contributed by atoms with Gasteiger partial charge in [-0.15, -0.1) is 11.3 Å². The van der Waals surface area contributed by atoms with E-state index in [2.05, 4.69) is 4.98 Å². The number of aromatic nitrogens is 1. The molecule has 1 N–H and O–H groups in total. The first-order valence-corrected chi connectivity index (χ1v) is 6.52. The Kier molecular flexibility index (Phi) is 4.01. The summed E-state index contributed by atoms with van der Waals surface area (Å²) in [4.78, 5) is 16.8. The van der Waals surface area contributed by atoms with Crippen molar-refractivity contribution in [2.24, 2.45) is 0 Å². The Morgan fingerprint density at radius 3 is 2.68 bits per heavy atom. The van der Waals surface area contributed by atoms with Crippen LogP contribution in [0.2, 0.25) is 0 Å². The maximum absolute atomic E-state index is 10.6. The summed E-state index contributed by atoms with van der Waals surface area (Å²) in [7, 11) is 3.52. The highest BCUT2D eigenvalue weighted by atomic mass is 32.1. The quantitative estimate of drug-likeness (QED) is 0.910. The number of hydrogen-bond donors (Lipinski definition) is 1. The molecule has 1 aromatic carbocycles. The van der Waals surface area contributed by atoms with Gasteiger partial charge < -0.3 is 14.7 Å². The number of carboxylic acids is 1. The summed E-state index contributed by atoms with van der Waals surface area (Å²) < 4.78 is 5.11. The monoisotopic (exact) mass is 278 g/mol. The van der Waals surface area contributed by atoms with Crippen molar-refractivity contribution in [3.8, 4) is 5.75 Å². The molecule has 0 unspecified atom stereocenters. The van der Waals surface area contributed by atoms with Crippen LogP contribution in [0.1, 0.15) is 5.69 Å². The second kappa shape index (κ2) is 5.71. The molecule has 0 aliphatic carbocycles. The molecule has 0 saturated heterocycles. The van der Waals surface area contributed by atoms with E-state index in [0.717, 1.165) is 16.6 Å². The molecule has 19 heavy (non-hydrogen) atoms. The van der Waals surface area contributed by atoms with E-state index in [1.165, 1.54) is 11.3 Å². The van der Waals surface area contributed by atoms with Gasteiger partial charge in [0.1, 0.15) is 5.75 Å². The number of benzene rings is 1. The van der Waals surface area contributed by atoms with Crippen LogP contribution < -0.4 is 9.64 Å². The fourth-order valence-corrected chi connectivity index (χ4v) is 2.41. The standard InChI is InChI=1S/C13H14N2O3S/c1-15(10-3-5-11(18-2)6-4-10)13-14-9(8-19-13)7-12(16)17/h3-6,8H,7H2,1-2H3,(H,16,17). The summed E-state index contributed by atoms with van der Waals surface area (Å²) in [6.45, 7) is 0. The van der Waals surface area contributed by atoms with Gasteiger partial charge in [0.15, 0.2) is 5.13 Å². The van der Waals surface area contributed by atoms with Gasteiger partial charge in [0, 0.05) is 18.1 Å². The first-order valence-electron chi connectivity index (χ1n) is 5.64. The van der Waals surface area contributed by atoms with Crippen molar-refractivity contribution in [2.75, 3.05) is 19.1 Å². The molecule has 100 valence electrons. The smallest absolute Gasteiger partial charge is 0.309 e. The predicted octanol–water partition coefficient (Wildman–Crippen LogP) is 2.55. The van der Waals surface area contributed by atoms with Crippen molar-refractivity contribution in [1.29, 1.82) is 0 Å². The molecule has 0 spiro atoms. The van der Waals surface area contributed by atoms with Crippen LogP contribution in [0.4, 0.5) is 10.8 Å². The third-order valence-electron chi connectivity index (χ3n) is 2.62. The van der Waals surface area contributed by atoms with Gasteiger partial charge in [0.25, 0.3) is 0 Å². The normalized spacial score (nSPS) is 10.2. The van der Waals surface area contributed by atoms with Crippen LogP contribution >= 0.6 is 11.3 Å². The van der Waals surface area contributed by atoms with Crippen molar-refractivity contribution in [2.45, 2.75) is 6.42 Å². The Morgan fingerprint density at radius 1 is 1.42 bits per heavy atom. The Bertz CT molecular complexity index is 566. The second-order valence-corrected chi connectivity index (χ2v) is 4.79. The number of methoxy groups -OCH3 is 1.